The minimum Gasteiger partial charge on any atom is -0.496 e. The highest BCUT2D eigenvalue weighted by Crippen LogP contribution is 2.22. The predicted octanol–water partition coefficient (Wildman–Crippen LogP) is 2.45. The molecule has 2 aromatic rings. The largest absolute Gasteiger partial charge is 0.496 e. The quantitative estimate of drug-likeness (QED) is 0.880. The number of carboxylic acids is 1. The molecular weight excluding hydrogens is 272 g/mol. The summed E-state index contributed by atoms with van der Waals surface area (Å²) in [7, 11) is 3.46. The number of aromatic nitrogens is 1. The number of oxazole rings is 1. The molecule has 112 valence electrons. The van der Waals surface area contributed by atoms with E-state index in [0.29, 0.717) is 0 Å². The molecule has 0 spiro atoms. The van der Waals surface area contributed by atoms with Gasteiger partial charge in [0.2, 0.25) is 0 Å². The van der Waals surface area contributed by atoms with Crippen molar-refractivity contribution in [3.8, 4) is 5.75 Å². The van der Waals surface area contributed by atoms with E-state index < -0.39 is 5.97 Å². The number of para-hydroxylation sites is 1. The fourth-order valence-corrected chi connectivity index (χ4v) is 2.04. The number of anilines is 1. The molecule has 0 amide bonds. The molecule has 0 aliphatic carbocycles. The average molecular weight is 290 g/mol. The Labute approximate surface area is 123 Å². The number of nitrogens with zero attached hydrogens (tertiary/aromatic N) is 2. The highest BCUT2D eigenvalue weighted by molar-refractivity contribution is 5.85. The number of aromatic carboxylic acids is 1. The second-order valence-corrected chi connectivity index (χ2v) is 4.80. The van der Waals surface area contributed by atoms with Gasteiger partial charge in [-0.25, -0.2) is 4.79 Å². The number of hydrogen-bond acceptors (Lipinski definition) is 5. The van der Waals surface area contributed by atoms with Gasteiger partial charge in [0, 0.05) is 13.1 Å². The molecule has 1 unspecified atom stereocenters. The Morgan fingerprint density at radius 3 is 2.81 bits per heavy atom. The number of rotatable bonds is 6. The maximum Gasteiger partial charge on any atom is 0.357 e. The first-order valence-corrected chi connectivity index (χ1v) is 6.56. The average Bonchev–Trinajstić information content (AvgIpc) is 2.97. The van der Waals surface area contributed by atoms with Crippen LogP contribution < -0.4 is 9.64 Å². The minimum atomic E-state index is -1.10. The van der Waals surface area contributed by atoms with E-state index >= 15 is 0 Å². The molecular formula is C15H18N2O4. The van der Waals surface area contributed by atoms with Gasteiger partial charge >= 0.3 is 5.97 Å². The van der Waals surface area contributed by atoms with E-state index in [0.717, 1.165) is 24.0 Å². The number of methoxy groups -OCH3 is 1. The zero-order chi connectivity index (χ0) is 15.4. The van der Waals surface area contributed by atoms with Crippen LogP contribution in [0.25, 0.3) is 0 Å². The van der Waals surface area contributed by atoms with Crippen LogP contribution >= 0.6 is 0 Å². The third-order valence-corrected chi connectivity index (χ3v) is 3.38. The molecule has 0 aliphatic heterocycles. The molecule has 1 N–H and O–H groups in total. The fourth-order valence-electron chi connectivity index (χ4n) is 2.04. The molecule has 6 heteroatoms. The maximum absolute atomic E-state index is 10.8. The van der Waals surface area contributed by atoms with E-state index in [1.54, 1.807) is 12.0 Å². The molecule has 0 aliphatic rings. The van der Waals surface area contributed by atoms with Crippen molar-refractivity contribution in [1.82, 2.24) is 4.98 Å². The van der Waals surface area contributed by atoms with Crippen LogP contribution in [0, 0.1) is 0 Å². The molecule has 0 radical (unpaired) electrons. The number of carbonyl (C=O) groups is 1. The third kappa shape index (κ3) is 3.34. The SMILES string of the molecule is COc1ccccc1CC(C)N(C)c1nc(C(=O)O)co1. The van der Waals surface area contributed by atoms with E-state index in [-0.39, 0.29) is 17.8 Å². The Bertz CT molecular complexity index is 624. The summed E-state index contributed by atoms with van der Waals surface area (Å²) >= 11 is 0. The Hall–Kier alpha value is -2.50. The Morgan fingerprint density at radius 2 is 2.19 bits per heavy atom. The van der Waals surface area contributed by atoms with Crippen molar-refractivity contribution in [2.75, 3.05) is 19.1 Å². The monoisotopic (exact) mass is 290 g/mol. The standard InChI is InChI=1S/C15H18N2O4/c1-10(8-11-6-4-5-7-13(11)20-3)17(2)15-16-12(9-21-15)14(18)19/h4-7,9-10H,8H2,1-3H3,(H,18,19). The lowest BCUT2D eigenvalue weighted by Gasteiger charge is -2.23. The summed E-state index contributed by atoms with van der Waals surface area (Å²) in [5.74, 6) is -0.271. The highest BCUT2D eigenvalue weighted by Gasteiger charge is 2.19. The van der Waals surface area contributed by atoms with Crippen LogP contribution in [-0.4, -0.2) is 36.3 Å². The van der Waals surface area contributed by atoms with Crippen molar-refractivity contribution >= 4 is 12.0 Å². The molecule has 1 atom stereocenters. The molecule has 0 bridgehead atoms. The molecule has 2 rings (SSSR count). The zero-order valence-electron chi connectivity index (χ0n) is 12.2. The summed E-state index contributed by atoms with van der Waals surface area (Å²) < 4.78 is 10.5. The lowest BCUT2D eigenvalue weighted by Crippen LogP contribution is -2.31. The van der Waals surface area contributed by atoms with Gasteiger partial charge in [-0.2, -0.15) is 4.98 Å². The van der Waals surface area contributed by atoms with Crippen LogP contribution in [0.3, 0.4) is 0 Å². The minimum absolute atomic E-state index is 0.0709. The molecule has 1 heterocycles. The second kappa shape index (κ2) is 6.30. The normalized spacial score (nSPS) is 12.0. The fraction of sp³-hybridized carbons (Fsp3) is 0.333. The van der Waals surface area contributed by atoms with Crippen LogP contribution in [0.1, 0.15) is 23.0 Å². The molecule has 21 heavy (non-hydrogen) atoms. The lowest BCUT2D eigenvalue weighted by atomic mass is 10.1. The summed E-state index contributed by atoms with van der Waals surface area (Å²) in [6.07, 6.45) is 1.87. The van der Waals surface area contributed by atoms with Gasteiger partial charge in [0.1, 0.15) is 12.0 Å². The van der Waals surface area contributed by atoms with E-state index in [4.69, 9.17) is 14.3 Å². The van der Waals surface area contributed by atoms with Gasteiger partial charge in [0.25, 0.3) is 6.01 Å². The van der Waals surface area contributed by atoms with E-state index in [1.807, 2.05) is 38.2 Å². The number of carboxylic acid groups (broad SMARTS) is 1. The lowest BCUT2D eigenvalue weighted by molar-refractivity contribution is 0.0690. The van der Waals surface area contributed by atoms with Crippen LogP contribution in [0.4, 0.5) is 6.01 Å². The van der Waals surface area contributed by atoms with Gasteiger partial charge < -0.3 is 19.2 Å². The summed E-state index contributed by atoms with van der Waals surface area (Å²) in [4.78, 5) is 16.6. The molecule has 1 aromatic carbocycles. The number of ether oxygens (including phenoxy) is 1. The van der Waals surface area contributed by atoms with Gasteiger partial charge in [0.15, 0.2) is 5.69 Å². The zero-order valence-corrected chi connectivity index (χ0v) is 12.2. The number of likely N-dealkylation sites (N-methyl/N-ethyl adjacent to an activating group) is 1. The van der Waals surface area contributed by atoms with Gasteiger partial charge in [-0.05, 0) is 25.0 Å². The molecule has 0 saturated heterocycles. The maximum atomic E-state index is 10.8. The highest BCUT2D eigenvalue weighted by atomic mass is 16.5. The van der Waals surface area contributed by atoms with Crippen LogP contribution in [0.2, 0.25) is 0 Å². The third-order valence-electron chi connectivity index (χ3n) is 3.38. The van der Waals surface area contributed by atoms with Crippen molar-refractivity contribution in [3.63, 3.8) is 0 Å². The molecule has 6 nitrogen and oxygen atoms in total. The van der Waals surface area contributed by atoms with E-state index in [2.05, 4.69) is 4.98 Å². The molecule has 1 aromatic heterocycles. The van der Waals surface area contributed by atoms with Crippen LogP contribution in [-0.2, 0) is 6.42 Å². The first-order chi connectivity index (χ1) is 10.0. The van der Waals surface area contributed by atoms with Crippen molar-refractivity contribution in [3.05, 3.63) is 41.8 Å². The Balaban J connectivity index is 2.11. The van der Waals surface area contributed by atoms with E-state index in [1.165, 1.54) is 0 Å². The number of benzene rings is 1. The van der Waals surface area contributed by atoms with Crippen molar-refractivity contribution < 1.29 is 19.1 Å². The van der Waals surface area contributed by atoms with Gasteiger partial charge in [0.05, 0.1) is 7.11 Å². The van der Waals surface area contributed by atoms with Crippen LogP contribution in [0.15, 0.2) is 34.9 Å². The summed E-state index contributed by atoms with van der Waals surface area (Å²) in [6.45, 7) is 2.01. The second-order valence-electron chi connectivity index (χ2n) is 4.80. The smallest absolute Gasteiger partial charge is 0.357 e. The first kappa shape index (κ1) is 14.9. The predicted molar refractivity (Wildman–Crippen MR) is 78.0 cm³/mol. The Kier molecular flexibility index (Phi) is 4.47. The van der Waals surface area contributed by atoms with Crippen molar-refractivity contribution in [1.29, 1.82) is 0 Å². The van der Waals surface area contributed by atoms with Crippen LogP contribution in [0.5, 0.6) is 5.75 Å². The summed E-state index contributed by atoms with van der Waals surface area (Å²) in [5, 5.41) is 8.86. The summed E-state index contributed by atoms with van der Waals surface area (Å²) in [6, 6.07) is 8.15. The topological polar surface area (TPSA) is 75.8 Å². The van der Waals surface area contributed by atoms with Crippen molar-refractivity contribution in [2.24, 2.45) is 0 Å². The van der Waals surface area contributed by atoms with Crippen molar-refractivity contribution in [2.45, 2.75) is 19.4 Å². The number of hydrogen-bond donors (Lipinski definition) is 1. The molecule has 0 saturated carbocycles. The van der Waals surface area contributed by atoms with Gasteiger partial charge in [-0.15, -0.1) is 0 Å². The van der Waals surface area contributed by atoms with Gasteiger partial charge in [-0.1, -0.05) is 18.2 Å². The van der Waals surface area contributed by atoms with E-state index in [9.17, 15) is 4.79 Å². The first-order valence-electron chi connectivity index (χ1n) is 6.56. The Morgan fingerprint density at radius 1 is 1.48 bits per heavy atom. The van der Waals surface area contributed by atoms with Gasteiger partial charge in [-0.3, -0.25) is 0 Å². The molecule has 0 fully saturated rings. The summed E-state index contributed by atoms with van der Waals surface area (Å²) in [5.41, 5.74) is 0.978.